The lowest BCUT2D eigenvalue weighted by molar-refractivity contribution is 0.122. The molecule has 1 aliphatic heterocycles. The van der Waals surface area contributed by atoms with Crippen molar-refractivity contribution >= 4 is 34.6 Å². The van der Waals surface area contributed by atoms with Crippen LogP contribution in [0.3, 0.4) is 0 Å². The number of morpholine rings is 1. The summed E-state index contributed by atoms with van der Waals surface area (Å²) >= 11 is 12.5. The van der Waals surface area contributed by atoms with Gasteiger partial charge >= 0.3 is 0 Å². The van der Waals surface area contributed by atoms with Crippen LogP contribution in [0, 0.1) is 0 Å². The summed E-state index contributed by atoms with van der Waals surface area (Å²) in [7, 11) is 1.62. The Morgan fingerprint density at radius 3 is 2.34 bits per heavy atom. The van der Waals surface area contributed by atoms with E-state index in [1.54, 1.807) is 13.2 Å². The third kappa shape index (κ3) is 5.80. The first kappa shape index (κ1) is 22.6. The standard InChI is InChI=1S/C25H26Cl2N2O3/c1-30-24-14-19(23(27)15-25(24)32-17-18-2-4-20(26)5-3-18)16-28-21-6-8-22(9-7-21)29-10-12-31-13-11-29/h2-9,14-15,28H,10-13,16-17H2,1H3. The van der Waals surface area contributed by atoms with Crippen LogP contribution in [-0.2, 0) is 17.9 Å². The molecule has 0 radical (unpaired) electrons. The number of hydrogen-bond acceptors (Lipinski definition) is 5. The summed E-state index contributed by atoms with van der Waals surface area (Å²) in [5.74, 6) is 1.24. The number of methoxy groups -OCH3 is 1. The van der Waals surface area contributed by atoms with Gasteiger partial charge in [-0.1, -0.05) is 35.3 Å². The minimum absolute atomic E-state index is 0.400. The van der Waals surface area contributed by atoms with E-state index in [9.17, 15) is 0 Å². The second-order valence-electron chi connectivity index (χ2n) is 7.51. The maximum absolute atomic E-state index is 6.54. The quantitative estimate of drug-likeness (QED) is 0.433. The Labute approximate surface area is 198 Å². The van der Waals surface area contributed by atoms with E-state index in [4.69, 9.17) is 37.4 Å². The Balaban J connectivity index is 1.38. The lowest BCUT2D eigenvalue weighted by atomic mass is 10.1. The van der Waals surface area contributed by atoms with Crippen LogP contribution in [0.25, 0.3) is 0 Å². The van der Waals surface area contributed by atoms with Gasteiger partial charge in [-0.15, -0.1) is 0 Å². The first-order valence-corrected chi connectivity index (χ1v) is 11.3. The number of anilines is 2. The second-order valence-corrected chi connectivity index (χ2v) is 8.35. The molecule has 1 N–H and O–H groups in total. The van der Waals surface area contributed by atoms with Crippen LogP contribution in [0.4, 0.5) is 11.4 Å². The Morgan fingerprint density at radius 1 is 0.938 bits per heavy atom. The highest BCUT2D eigenvalue weighted by molar-refractivity contribution is 6.31. The van der Waals surface area contributed by atoms with Gasteiger partial charge in [0.15, 0.2) is 11.5 Å². The molecule has 0 aliphatic carbocycles. The smallest absolute Gasteiger partial charge is 0.163 e. The van der Waals surface area contributed by atoms with Crippen molar-refractivity contribution in [2.45, 2.75) is 13.2 Å². The maximum atomic E-state index is 6.54. The molecule has 0 spiro atoms. The number of nitrogens with zero attached hydrogens (tertiary/aromatic N) is 1. The number of benzene rings is 3. The normalized spacial score (nSPS) is 13.7. The van der Waals surface area contributed by atoms with Gasteiger partial charge in [0.2, 0.25) is 0 Å². The number of halogens is 2. The fourth-order valence-electron chi connectivity index (χ4n) is 3.54. The summed E-state index contributed by atoms with van der Waals surface area (Å²) in [4.78, 5) is 2.33. The zero-order chi connectivity index (χ0) is 22.3. The van der Waals surface area contributed by atoms with Gasteiger partial charge in [-0.25, -0.2) is 0 Å². The minimum atomic E-state index is 0.400. The molecule has 1 aliphatic rings. The van der Waals surface area contributed by atoms with Crippen LogP contribution >= 0.6 is 23.2 Å². The van der Waals surface area contributed by atoms with Crippen LogP contribution < -0.4 is 19.7 Å². The summed E-state index contributed by atoms with van der Waals surface area (Å²) in [6, 6.07) is 19.7. The SMILES string of the molecule is COc1cc(CNc2ccc(N3CCOCC3)cc2)c(Cl)cc1OCc1ccc(Cl)cc1. The largest absolute Gasteiger partial charge is 0.493 e. The Kier molecular flexibility index (Phi) is 7.63. The van der Waals surface area contributed by atoms with E-state index in [0.29, 0.717) is 34.7 Å². The Bertz CT molecular complexity index is 1020. The zero-order valence-corrected chi connectivity index (χ0v) is 19.5. The fourth-order valence-corrected chi connectivity index (χ4v) is 3.88. The van der Waals surface area contributed by atoms with Crippen molar-refractivity contribution in [3.63, 3.8) is 0 Å². The van der Waals surface area contributed by atoms with Crippen molar-refractivity contribution in [1.82, 2.24) is 0 Å². The van der Waals surface area contributed by atoms with Crippen LogP contribution in [0.15, 0.2) is 60.7 Å². The van der Waals surface area contributed by atoms with Gasteiger partial charge in [0.1, 0.15) is 6.61 Å². The molecule has 1 fully saturated rings. The molecule has 3 aromatic rings. The average molecular weight is 473 g/mol. The summed E-state index contributed by atoms with van der Waals surface area (Å²) in [6.45, 7) is 4.38. The molecule has 3 aromatic carbocycles. The van der Waals surface area contributed by atoms with Gasteiger partial charge in [0, 0.05) is 47.1 Å². The molecule has 168 valence electrons. The molecule has 0 bridgehead atoms. The molecule has 4 rings (SSSR count). The van der Waals surface area contributed by atoms with E-state index in [-0.39, 0.29) is 0 Å². The van der Waals surface area contributed by atoms with Crippen molar-refractivity contribution in [1.29, 1.82) is 0 Å². The van der Waals surface area contributed by atoms with Gasteiger partial charge in [0.25, 0.3) is 0 Å². The van der Waals surface area contributed by atoms with Crippen molar-refractivity contribution in [3.8, 4) is 11.5 Å². The Morgan fingerprint density at radius 2 is 1.66 bits per heavy atom. The highest BCUT2D eigenvalue weighted by atomic mass is 35.5. The molecule has 0 atom stereocenters. The number of nitrogens with one attached hydrogen (secondary N) is 1. The molecule has 7 heteroatoms. The van der Waals surface area contributed by atoms with E-state index in [1.807, 2.05) is 30.3 Å². The minimum Gasteiger partial charge on any atom is -0.493 e. The van der Waals surface area contributed by atoms with Crippen molar-refractivity contribution in [2.75, 3.05) is 43.6 Å². The molecule has 1 heterocycles. The fraction of sp³-hybridized carbons (Fsp3) is 0.280. The third-order valence-electron chi connectivity index (χ3n) is 5.37. The topological polar surface area (TPSA) is 43.0 Å². The molecular weight excluding hydrogens is 447 g/mol. The van der Waals surface area contributed by atoms with Gasteiger partial charge in [-0.05, 0) is 53.6 Å². The number of ether oxygens (including phenoxy) is 3. The van der Waals surface area contributed by atoms with E-state index >= 15 is 0 Å². The van der Waals surface area contributed by atoms with Crippen molar-refractivity contribution < 1.29 is 14.2 Å². The molecule has 0 aromatic heterocycles. The second kappa shape index (κ2) is 10.8. The predicted octanol–water partition coefficient (Wildman–Crippen LogP) is 6.03. The van der Waals surface area contributed by atoms with E-state index in [1.165, 1.54) is 5.69 Å². The van der Waals surface area contributed by atoms with Crippen molar-refractivity contribution in [3.05, 3.63) is 81.8 Å². The first-order valence-electron chi connectivity index (χ1n) is 10.5. The number of rotatable bonds is 8. The third-order valence-corrected chi connectivity index (χ3v) is 5.97. The Hall–Kier alpha value is -2.60. The highest BCUT2D eigenvalue weighted by Crippen LogP contribution is 2.34. The molecule has 0 amide bonds. The average Bonchev–Trinajstić information content (AvgIpc) is 2.84. The van der Waals surface area contributed by atoms with Gasteiger partial charge < -0.3 is 24.4 Å². The first-order chi connectivity index (χ1) is 15.6. The maximum Gasteiger partial charge on any atom is 0.163 e. The summed E-state index contributed by atoms with van der Waals surface area (Å²) < 4.78 is 16.9. The molecule has 0 saturated carbocycles. The molecule has 1 saturated heterocycles. The lowest BCUT2D eigenvalue weighted by Crippen LogP contribution is -2.36. The van der Waals surface area contributed by atoms with Crippen LogP contribution in [0.1, 0.15) is 11.1 Å². The summed E-state index contributed by atoms with van der Waals surface area (Å²) in [6.07, 6.45) is 0. The predicted molar refractivity (Wildman–Crippen MR) is 131 cm³/mol. The van der Waals surface area contributed by atoms with E-state index in [0.717, 1.165) is 43.1 Å². The van der Waals surface area contributed by atoms with Crippen LogP contribution in [0.5, 0.6) is 11.5 Å². The van der Waals surface area contributed by atoms with Gasteiger partial charge in [0.05, 0.1) is 20.3 Å². The molecule has 32 heavy (non-hydrogen) atoms. The van der Waals surface area contributed by atoms with Crippen LogP contribution in [0.2, 0.25) is 10.0 Å². The van der Waals surface area contributed by atoms with E-state index < -0.39 is 0 Å². The number of hydrogen-bond donors (Lipinski definition) is 1. The molecular formula is C25H26Cl2N2O3. The van der Waals surface area contributed by atoms with Crippen molar-refractivity contribution in [2.24, 2.45) is 0 Å². The van der Waals surface area contributed by atoms with E-state index in [2.05, 4.69) is 34.5 Å². The lowest BCUT2D eigenvalue weighted by Gasteiger charge is -2.29. The van der Waals surface area contributed by atoms with Gasteiger partial charge in [-0.2, -0.15) is 0 Å². The molecule has 5 nitrogen and oxygen atoms in total. The summed E-state index contributed by atoms with van der Waals surface area (Å²) in [5, 5.41) is 4.75. The summed E-state index contributed by atoms with van der Waals surface area (Å²) in [5.41, 5.74) is 4.18. The highest BCUT2D eigenvalue weighted by Gasteiger charge is 2.13. The monoisotopic (exact) mass is 472 g/mol. The molecule has 0 unspecified atom stereocenters. The van der Waals surface area contributed by atoms with Gasteiger partial charge in [-0.3, -0.25) is 0 Å². The zero-order valence-electron chi connectivity index (χ0n) is 17.9. The van der Waals surface area contributed by atoms with Crippen LogP contribution in [-0.4, -0.2) is 33.4 Å².